The monoisotopic (exact) mass is 283 g/mol. The van der Waals surface area contributed by atoms with Gasteiger partial charge in [-0.1, -0.05) is 17.4 Å². The lowest BCUT2D eigenvalue weighted by Gasteiger charge is -2.12. The second kappa shape index (κ2) is 5.13. The van der Waals surface area contributed by atoms with Crippen molar-refractivity contribution in [3.8, 4) is 0 Å². The van der Waals surface area contributed by atoms with E-state index in [1.165, 1.54) is 16.0 Å². The fraction of sp³-hybridized carbons (Fsp3) is 0.188. The molecule has 3 rings (SSSR count). The fourth-order valence-corrected chi connectivity index (χ4v) is 2.92. The fourth-order valence-electron chi connectivity index (χ4n) is 2.06. The average molecular weight is 283 g/mol. The van der Waals surface area contributed by atoms with Crippen LogP contribution in [0.3, 0.4) is 0 Å². The minimum absolute atomic E-state index is 0.934. The molecule has 1 aromatic heterocycles. The van der Waals surface area contributed by atoms with Gasteiger partial charge in [0.05, 0.1) is 10.2 Å². The van der Waals surface area contributed by atoms with Crippen LogP contribution < -0.4 is 10.2 Å². The van der Waals surface area contributed by atoms with Crippen LogP contribution in [0.15, 0.2) is 42.5 Å². The molecule has 0 aliphatic carbocycles. The molecule has 3 nitrogen and oxygen atoms in total. The summed E-state index contributed by atoms with van der Waals surface area (Å²) in [6, 6.07) is 14.7. The summed E-state index contributed by atoms with van der Waals surface area (Å²) in [7, 11) is 4.08. The van der Waals surface area contributed by atoms with Crippen LogP contribution in [0, 0.1) is 6.92 Å². The highest BCUT2D eigenvalue weighted by molar-refractivity contribution is 7.22. The van der Waals surface area contributed by atoms with Gasteiger partial charge in [0.1, 0.15) is 0 Å². The molecule has 0 radical (unpaired) electrons. The van der Waals surface area contributed by atoms with Gasteiger partial charge in [0.25, 0.3) is 0 Å². The number of hydrogen-bond donors (Lipinski definition) is 1. The Morgan fingerprint density at radius 3 is 2.50 bits per heavy atom. The quantitative estimate of drug-likeness (QED) is 0.771. The number of nitrogens with zero attached hydrogens (tertiary/aromatic N) is 2. The van der Waals surface area contributed by atoms with E-state index < -0.39 is 0 Å². The van der Waals surface area contributed by atoms with Gasteiger partial charge in [0, 0.05) is 25.5 Å². The molecule has 0 saturated heterocycles. The third-order valence-corrected chi connectivity index (χ3v) is 4.13. The van der Waals surface area contributed by atoms with Crippen molar-refractivity contribution in [3.63, 3.8) is 0 Å². The van der Waals surface area contributed by atoms with Crippen molar-refractivity contribution < 1.29 is 0 Å². The Bertz CT molecular complexity index is 729. The number of fused-ring (bicyclic) bond motifs is 1. The second-order valence-corrected chi connectivity index (χ2v) is 6.09. The summed E-state index contributed by atoms with van der Waals surface area (Å²) in [6.07, 6.45) is 0. The first-order chi connectivity index (χ1) is 9.61. The standard InChI is InChI=1S/C16H17N3S/c1-11-4-9-15-14(10-11)18-16(20-15)17-12-5-7-13(8-6-12)19(2)3/h4-10H,1-3H3,(H,17,18). The second-order valence-electron chi connectivity index (χ2n) is 5.06. The highest BCUT2D eigenvalue weighted by Gasteiger charge is 2.04. The van der Waals surface area contributed by atoms with Crippen LogP contribution in [0.2, 0.25) is 0 Å². The van der Waals surface area contributed by atoms with Crippen LogP contribution in [-0.2, 0) is 0 Å². The smallest absolute Gasteiger partial charge is 0.188 e. The Labute approximate surface area is 122 Å². The predicted molar refractivity (Wildman–Crippen MR) is 88.4 cm³/mol. The summed E-state index contributed by atoms with van der Waals surface area (Å²) >= 11 is 1.68. The van der Waals surface area contributed by atoms with Crippen LogP contribution in [0.1, 0.15) is 5.56 Å². The van der Waals surface area contributed by atoms with Gasteiger partial charge in [0.2, 0.25) is 0 Å². The number of thiazole rings is 1. The Hall–Kier alpha value is -2.07. The Morgan fingerprint density at radius 2 is 1.80 bits per heavy atom. The topological polar surface area (TPSA) is 28.2 Å². The number of hydrogen-bond acceptors (Lipinski definition) is 4. The van der Waals surface area contributed by atoms with E-state index in [4.69, 9.17) is 0 Å². The molecule has 1 N–H and O–H groups in total. The maximum atomic E-state index is 4.62. The third-order valence-electron chi connectivity index (χ3n) is 3.18. The SMILES string of the molecule is Cc1ccc2sc(Nc3ccc(N(C)C)cc3)nc2c1. The number of aromatic nitrogens is 1. The van der Waals surface area contributed by atoms with Crippen molar-refractivity contribution in [2.24, 2.45) is 0 Å². The molecule has 20 heavy (non-hydrogen) atoms. The summed E-state index contributed by atoms with van der Waals surface area (Å²) in [5, 5.41) is 4.30. The zero-order chi connectivity index (χ0) is 14.1. The van der Waals surface area contributed by atoms with Gasteiger partial charge in [-0.15, -0.1) is 0 Å². The molecule has 0 atom stereocenters. The minimum atomic E-state index is 0.934. The summed E-state index contributed by atoms with van der Waals surface area (Å²) in [5.41, 5.74) is 4.55. The van der Waals surface area contributed by atoms with Gasteiger partial charge < -0.3 is 10.2 Å². The van der Waals surface area contributed by atoms with E-state index in [9.17, 15) is 0 Å². The van der Waals surface area contributed by atoms with Gasteiger partial charge in [-0.25, -0.2) is 4.98 Å². The number of nitrogens with one attached hydrogen (secondary N) is 1. The first kappa shape index (κ1) is 12.9. The van der Waals surface area contributed by atoms with Gasteiger partial charge in [0.15, 0.2) is 5.13 Å². The highest BCUT2D eigenvalue weighted by Crippen LogP contribution is 2.29. The van der Waals surface area contributed by atoms with Gasteiger partial charge >= 0.3 is 0 Å². The first-order valence-electron chi connectivity index (χ1n) is 6.53. The van der Waals surface area contributed by atoms with Crippen LogP contribution >= 0.6 is 11.3 Å². The van der Waals surface area contributed by atoms with E-state index in [0.717, 1.165) is 16.3 Å². The Balaban J connectivity index is 1.85. The van der Waals surface area contributed by atoms with E-state index in [0.29, 0.717) is 0 Å². The minimum Gasteiger partial charge on any atom is -0.378 e. The molecular formula is C16H17N3S. The molecule has 102 valence electrons. The zero-order valence-electron chi connectivity index (χ0n) is 11.8. The van der Waals surface area contributed by atoms with Crippen LogP contribution in [-0.4, -0.2) is 19.1 Å². The number of anilines is 3. The van der Waals surface area contributed by atoms with E-state index in [1.807, 2.05) is 14.1 Å². The molecule has 0 fully saturated rings. The number of benzene rings is 2. The van der Waals surface area contributed by atoms with Gasteiger partial charge in [-0.2, -0.15) is 0 Å². The largest absolute Gasteiger partial charge is 0.378 e. The molecule has 0 unspecified atom stereocenters. The van der Waals surface area contributed by atoms with E-state index in [-0.39, 0.29) is 0 Å². The maximum absolute atomic E-state index is 4.62. The van der Waals surface area contributed by atoms with Crippen LogP contribution in [0.25, 0.3) is 10.2 Å². The molecule has 4 heteroatoms. The molecule has 0 spiro atoms. The lowest BCUT2D eigenvalue weighted by molar-refractivity contribution is 1.13. The van der Waals surface area contributed by atoms with E-state index >= 15 is 0 Å². The summed E-state index contributed by atoms with van der Waals surface area (Å²) in [5.74, 6) is 0. The molecule has 0 saturated carbocycles. The summed E-state index contributed by atoms with van der Waals surface area (Å²) < 4.78 is 1.21. The number of aryl methyl sites for hydroxylation is 1. The molecule has 0 amide bonds. The highest BCUT2D eigenvalue weighted by atomic mass is 32.1. The molecule has 0 aliphatic rings. The van der Waals surface area contributed by atoms with Crippen molar-refractivity contribution in [2.45, 2.75) is 6.92 Å². The third kappa shape index (κ3) is 2.60. The summed E-state index contributed by atoms with van der Waals surface area (Å²) in [6.45, 7) is 2.09. The molecule has 0 aliphatic heterocycles. The van der Waals surface area contributed by atoms with E-state index in [1.54, 1.807) is 11.3 Å². The maximum Gasteiger partial charge on any atom is 0.188 e. The van der Waals surface area contributed by atoms with Gasteiger partial charge in [-0.3, -0.25) is 0 Å². The van der Waals surface area contributed by atoms with Crippen molar-refractivity contribution >= 4 is 38.1 Å². The molecule has 1 heterocycles. The molecule has 0 bridgehead atoms. The van der Waals surface area contributed by atoms with Crippen LogP contribution in [0.4, 0.5) is 16.5 Å². The van der Waals surface area contributed by atoms with E-state index in [2.05, 4.69) is 64.6 Å². The van der Waals surface area contributed by atoms with Crippen molar-refractivity contribution in [1.29, 1.82) is 0 Å². The van der Waals surface area contributed by atoms with Crippen molar-refractivity contribution in [2.75, 3.05) is 24.3 Å². The van der Waals surface area contributed by atoms with Crippen LogP contribution in [0.5, 0.6) is 0 Å². The number of rotatable bonds is 3. The normalized spacial score (nSPS) is 10.8. The Morgan fingerprint density at radius 1 is 1.05 bits per heavy atom. The van der Waals surface area contributed by atoms with Crippen molar-refractivity contribution in [3.05, 3.63) is 48.0 Å². The van der Waals surface area contributed by atoms with Crippen molar-refractivity contribution in [1.82, 2.24) is 4.98 Å². The predicted octanol–water partition coefficient (Wildman–Crippen LogP) is 4.41. The molecule has 3 aromatic rings. The molecular weight excluding hydrogens is 266 g/mol. The zero-order valence-corrected chi connectivity index (χ0v) is 12.7. The van der Waals surface area contributed by atoms with Gasteiger partial charge in [-0.05, 0) is 48.9 Å². The lowest BCUT2D eigenvalue weighted by Crippen LogP contribution is -2.08. The lowest BCUT2D eigenvalue weighted by atomic mass is 10.2. The summed E-state index contributed by atoms with van der Waals surface area (Å²) in [4.78, 5) is 6.71. The first-order valence-corrected chi connectivity index (χ1v) is 7.35. The average Bonchev–Trinajstić information content (AvgIpc) is 2.80. The Kier molecular flexibility index (Phi) is 3.32. The molecule has 2 aromatic carbocycles.